The molecule has 1 aromatic rings. The molecule has 1 heterocycles. The highest BCUT2D eigenvalue weighted by molar-refractivity contribution is 5.55. The van der Waals surface area contributed by atoms with E-state index in [1.54, 1.807) is 12.4 Å². The van der Waals surface area contributed by atoms with Crippen molar-refractivity contribution >= 4 is 11.4 Å². The van der Waals surface area contributed by atoms with Crippen molar-refractivity contribution in [3.63, 3.8) is 0 Å². The van der Waals surface area contributed by atoms with Crippen molar-refractivity contribution in [3.05, 3.63) is 18.5 Å². The highest BCUT2D eigenvalue weighted by Crippen LogP contribution is 2.34. The van der Waals surface area contributed by atoms with Crippen LogP contribution < -0.4 is 10.6 Å². The Morgan fingerprint density at radius 1 is 1.38 bits per heavy atom. The van der Waals surface area contributed by atoms with E-state index in [0.29, 0.717) is 0 Å². The fraction of sp³-hybridized carbons (Fsp3) is 0.583. The lowest BCUT2D eigenvalue weighted by Crippen LogP contribution is -2.48. The molecule has 0 aromatic carbocycles. The van der Waals surface area contributed by atoms with E-state index in [9.17, 15) is 5.11 Å². The fourth-order valence-corrected chi connectivity index (χ4v) is 2.04. The van der Waals surface area contributed by atoms with Gasteiger partial charge in [0.1, 0.15) is 0 Å². The second-order valence-electron chi connectivity index (χ2n) is 4.41. The molecule has 1 aliphatic rings. The summed E-state index contributed by atoms with van der Waals surface area (Å²) in [6.45, 7) is 3.13. The Morgan fingerprint density at radius 3 is 2.69 bits per heavy atom. The molecule has 0 saturated heterocycles. The van der Waals surface area contributed by atoms with Crippen molar-refractivity contribution < 1.29 is 5.11 Å². The molecule has 0 amide bonds. The third-order valence-electron chi connectivity index (χ3n) is 3.14. The van der Waals surface area contributed by atoms with Gasteiger partial charge in [0.05, 0.1) is 35.9 Å². The summed E-state index contributed by atoms with van der Waals surface area (Å²) < 4.78 is 0. The minimum Gasteiger partial charge on any atom is -0.394 e. The van der Waals surface area contributed by atoms with Gasteiger partial charge >= 0.3 is 0 Å². The standard InChI is InChI=1S/C12H19N3O/c1-2-14-10-6-11(8-13-7-10)15-12(9-16)4-3-5-12/h6-8,14-16H,2-5,9H2,1H3. The number of aromatic nitrogens is 1. The summed E-state index contributed by atoms with van der Waals surface area (Å²) in [5.41, 5.74) is 1.89. The number of nitrogens with one attached hydrogen (secondary N) is 2. The Hall–Kier alpha value is -1.29. The van der Waals surface area contributed by atoms with E-state index in [1.165, 1.54) is 6.42 Å². The molecule has 2 rings (SSSR count). The third kappa shape index (κ3) is 2.27. The van der Waals surface area contributed by atoms with Crippen LogP contribution in [0.25, 0.3) is 0 Å². The summed E-state index contributed by atoms with van der Waals surface area (Å²) in [6, 6.07) is 2.03. The van der Waals surface area contributed by atoms with Crippen molar-refractivity contribution in [2.75, 3.05) is 23.8 Å². The average Bonchev–Trinajstić information content (AvgIpc) is 2.25. The molecule has 1 aliphatic carbocycles. The molecular weight excluding hydrogens is 202 g/mol. The number of rotatable bonds is 5. The highest BCUT2D eigenvalue weighted by atomic mass is 16.3. The number of anilines is 2. The quantitative estimate of drug-likeness (QED) is 0.710. The summed E-state index contributed by atoms with van der Waals surface area (Å²) >= 11 is 0. The van der Waals surface area contributed by atoms with E-state index < -0.39 is 0 Å². The summed E-state index contributed by atoms with van der Waals surface area (Å²) in [5.74, 6) is 0. The van der Waals surface area contributed by atoms with Crippen LogP contribution in [-0.4, -0.2) is 28.8 Å². The van der Waals surface area contributed by atoms with Crippen LogP contribution in [-0.2, 0) is 0 Å². The molecule has 0 aliphatic heterocycles. The molecule has 0 bridgehead atoms. The average molecular weight is 221 g/mol. The first-order valence-electron chi connectivity index (χ1n) is 5.86. The molecule has 3 N–H and O–H groups in total. The van der Waals surface area contributed by atoms with Crippen molar-refractivity contribution in [1.29, 1.82) is 0 Å². The smallest absolute Gasteiger partial charge is 0.0661 e. The molecule has 0 radical (unpaired) electrons. The molecule has 1 aromatic heterocycles. The van der Waals surface area contributed by atoms with Gasteiger partial charge in [0.15, 0.2) is 0 Å². The number of pyridine rings is 1. The zero-order valence-corrected chi connectivity index (χ0v) is 9.66. The van der Waals surface area contributed by atoms with Crippen molar-refractivity contribution in [2.45, 2.75) is 31.7 Å². The lowest BCUT2D eigenvalue weighted by atomic mass is 9.77. The van der Waals surface area contributed by atoms with Gasteiger partial charge in [-0.3, -0.25) is 4.98 Å². The predicted molar refractivity (Wildman–Crippen MR) is 65.7 cm³/mol. The monoisotopic (exact) mass is 221 g/mol. The van der Waals surface area contributed by atoms with Crippen LogP contribution in [0.4, 0.5) is 11.4 Å². The summed E-state index contributed by atoms with van der Waals surface area (Å²) in [7, 11) is 0. The molecule has 1 saturated carbocycles. The Balaban J connectivity index is 2.05. The van der Waals surface area contributed by atoms with Crippen molar-refractivity contribution in [2.24, 2.45) is 0 Å². The second-order valence-corrected chi connectivity index (χ2v) is 4.41. The van der Waals surface area contributed by atoms with Crippen LogP contribution in [0.2, 0.25) is 0 Å². The van der Waals surface area contributed by atoms with E-state index in [4.69, 9.17) is 0 Å². The largest absolute Gasteiger partial charge is 0.394 e. The second kappa shape index (κ2) is 4.70. The third-order valence-corrected chi connectivity index (χ3v) is 3.14. The first kappa shape index (κ1) is 11.2. The SMILES string of the molecule is CCNc1cncc(NC2(CO)CCC2)c1. The lowest BCUT2D eigenvalue weighted by Gasteiger charge is -2.41. The predicted octanol–water partition coefficient (Wildman–Crippen LogP) is 1.84. The molecule has 4 nitrogen and oxygen atoms in total. The molecule has 0 spiro atoms. The minimum atomic E-state index is -0.105. The summed E-state index contributed by atoms with van der Waals surface area (Å²) in [5, 5.41) is 16.0. The summed E-state index contributed by atoms with van der Waals surface area (Å²) in [4.78, 5) is 4.17. The van der Waals surface area contributed by atoms with Gasteiger partial charge in [0.25, 0.3) is 0 Å². The molecule has 0 unspecified atom stereocenters. The van der Waals surface area contributed by atoms with Crippen LogP contribution in [0.3, 0.4) is 0 Å². The molecule has 4 heteroatoms. The maximum Gasteiger partial charge on any atom is 0.0661 e. The zero-order valence-electron chi connectivity index (χ0n) is 9.66. The van der Waals surface area contributed by atoms with E-state index in [1.807, 2.05) is 6.07 Å². The first-order chi connectivity index (χ1) is 7.78. The normalized spacial score (nSPS) is 17.6. The Labute approximate surface area is 96.1 Å². The van der Waals surface area contributed by atoms with Crippen LogP contribution in [0.1, 0.15) is 26.2 Å². The Morgan fingerprint density at radius 2 is 2.12 bits per heavy atom. The van der Waals surface area contributed by atoms with E-state index >= 15 is 0 Å². The fourth-order valence-electron chi connectivity index (χ4n) is 2.04. The number of hydrogen-bond donors (Lipinski definition) is 3. The van der Waals surface area contributed by atoms with Crippen LogP contribution >= 0.6 is 0 Å². The highest BCUT2D eigenvalue weighted by Gasteiger charge is 2.36. The Bertz CT molecular complexity index is 344. The van der Waals surface area contributed by atoms with Crippen molar-refractivity contribution in [3.8, 4) is 0 Å². The molecule has 88 valence electrons. The van der Waals surface area contributed by atoms with Gasteiger partial charge < -0.3 is 15.7 Å². The number of nitrogens with zero attached hydrogens (tertiary/aromatic N) is 1. The van der Waals surface area contributed by atoms with Gasteiger partial charge in [0, 0.05) is 6.54 Å². The van der Waals surface area contributed by atoms with Gasteiger partial charge in [0.2, 0.25) is 0 Å². The molecule has 16 heavy (non-hydrogen) atoms. The molecule has 1 fully saturated rings. The van der Waals surface area contributed by atoms with Crippen LogP contribution in [0.5, 0.6) is 0 Å². The van der Waals surface area contributed by atoms with Gasteiger partial charge in [-0.25, -0.2) is 0 Å². The number of hydrogen-bond acceptors (Lipinski definition) is 4. The molecule has 0 atom stereocenters. The topological polar surface area (TPSA) is 57.2 Å². The lowest BCUT2D eigenvalue weighted by molar-refractivity contribution is 0.144. The maximum atomic E-state index is 9.37. The van der Waals surface area contributed by atoms with Gasteiger partial charge in [-0.15, -0.1) is 0 Å². The Kier molecular flexibility index (Phi) is 3.29. The minimum absolute atomic E-state index is 0.105. The number of aliphatic hydroxyl groups is 1. The van der Waals surface area contributed by atoms with Crippen LogP contribution in [0.15, 0.2) is 18.5 Å². The van der Waals surface area contributed by atoms with Gasteiger partial charge in [-0.05, 0) is 32.3 Å². The van der Waals surface area contributed by atoms with E-state index in [-0.39, 0.29) is 12.1 Å². The van der Waals surface area contributed by atoms with E-state index in [0.717, 1.165) is 30.8 Å². The van der Waals surface area contributed by atoms with Gasteiger partial charge in [-0.1, -0.05) is 0 Å². The zero-order chi connectivity index (χ0) is 11.4. The van der Waals surface area contributed by atoms with E-state index in [2.05, 4.69) is 22.5 Å². The maximum absolute atomic E-state index is 9.37. The number of aliphatic hydroxyl groups excluding tert-OH is 1. The van der Waals surface area contributed by atoms with Gasteiger partial charge in [-0.2, -0.15) is 0 Å². The van der Waals surface area contributed by atoms with Crippen molar-refractivity contribution in [1.82, 2.24) is 4.98 Å². The van der Waals surface area contributed by atoms with Crippen LogP contribution in [0, 0.1) is 0 Å². The first-order valence-corrected chi connectivity index (χ1v) is 5.86. The molecular formula is C12H19N3O. The summed E-state index contributed by atoms with van der Waals surface area (Å²) in [6.07, 6.45) is 6.87.